The van der Waals surface area contributed by atoms with Crippen LogP contribution < -0.4 is 0 Å². The molecule has 0 radical (unpaired) electrons. The second-order valence-corrected chi connectivity index (χ2v) is 11.1. The molecule has 0 fully saturated rings. The third-order valence-electron chi connectivity index (χ3n) is 5.44. The van der Waals surface area contributed by atoms with E-state index >= 15 is 0 Å². The van der Waals surface area contributed by atoms with Gasteiger partial charge in [0.25, 0.3) is 0 Å². The van der Waals surface area contributed by atoms with Crippen molar-refractivity contribution in [2.75, 3.05) is 0 Å². The van der Waals surface area contributed by atoms with Crippen LogP contribution in [0.2, 0.25) is 0 Å². The lowest BCUT2D eigenvalue weighted by Gasteiger charge is -2.35. The van der Waals surface area contributed by atoms with Crippen molar-refractivity contribution in [1.82, 2.24) is 0 Å². The number of hydrogen-bond acceptors (Lipinski definition) is 3. The highest BCUT2D eigenvalue weighted by molar-refractivity contribution is 5.62. The minimum atomic E-state index is -0.819. The van der Waals surface area contributed by atoms with E-state index < -0.39 is 17.4 Å². The Morgan fingerprint density at radius 1 is 0.533 bits per heavy atom. The van der Waals surface area contributed by atoms with Crippen LogP contribution in [-0.2, 0) is 31.5 Å². The smallest absolute Gasteiger partial charge is 0.423 e. The van der Waals surface area contributed by atoms with Crippen LogP contribution in [0.5, 0.6) is 0 Å². The van der Waals surface area contributed by atoms with Crippen LogP contribution in [0.25, 0.3) is 0 Å². The van der Waals surface area contributed by atoms with Crippen LogP contribution in [0, 0.1) is 0 Å². The molecule has 0 atom stereocenters. The third kappa shape index (κ3) is 5.44. The van der Waals surface area contributed by atoms with Crippen molar-refractivity contribution in [3.63, 3.8) is 0 Å². The van der Waals surface area contributed by atoms with Gasteiger partial charge in [-0.3, -0.25) is 0 Å². The average Bonchev–Trinajstić information content (AvgIpc) is 2.59. The van der Waals surface area contributed by atoms with Crippen LogP contribution in [0.15, 0.2) is 48.5 Å². The first kappa shape index (κ1) is 24.0. The maximum absolute atomic E-state index is 12.9. The summed E-state index contributed by atoms with van der Waals surface area (Å²) >= 11 is 0. The zero-order valence-corrected chi connectivity index (χ0v) is 20.3. The maximum Gasteiger partial charge on any atom is 0.510 e. The summed E-state index contributed by atoms with van der Waals surface area (Å²) in [6.07, 6.45) is -0.669. The van der Waals surface area contributed by atoms with Gasteiger partial charge in [0.2, 0.25) is 0 Å². The molecule has 164 valence electrons. The second kappa shape index (κ2) is 8.09. The van der Waals surface area contributed by atoms with Gasteiger partial charge in [0.05, 0.1) is 0 Å². The summed E-state index contributed by atoms with van der Waals surface area (Å²) in [7, 11) is 0. The summed E-state index contributed by atoms with van der Waals surface area (Å²) in [4.78, 5) is 12.9. The van der Waals surface area contributed by atoms with Crippen molar-refractivity contribution in [1.29, 1.82) is 0 Å². The van der Waals surface area contributed by atoms with Crippen molar-refractivity contribution < 1.29 is 14.3 Å². The Balaban J connectivity index is 2.30. The number of carbonyl (C=O) groups excluding carboxylic acids is 1. The zero-order chi connectivity index (χ0) is 23.0. The fraction of sp³-hybridized carbons (Fsp3) is 0.519. The van der Waals surface area contributed by atoms with Crippen LogP contribution in [0.4, 0.5) is 4.79 Å². The Morgan fingerprint density at radius 3 is 1.07 bits per heavy atom. The number of benzene rings is 2. The van der Waals surface area contributed by atoms with Crippen LogP contribution >= 0.6 is 0 Å². The van der Waals surface area contributed by atoms with Gasteiger partial charge in [-0.1, -0.05) is 90.1 Å². The van der Waals surface area contributed by atoms with Crippen molar-refractivity contribution in [2.45, 2.75) is 91.3 Å². The van der Waals surface area contributed by atoms with E-state index in [1.807, 2.05) is 64.1 Å². The number of carbonyl (C=O) groups is 1. The van der Waals surface area contributed by atoms with E-state index in [4.69, 9.17) is 9.47 Å². The Labute approximate surface area is 182 Å². The van der Waals surface area contributed by atoms with Gasteiger partial charge in [-0.05, 0) is 60.8 Å². The summed E-state index contributed by atoms with van der Waals surface area (Å²) in [5.41, 5.74) is 2.52. The Hall–Kier alpha value is -2.29. The van der Waals surface area contributed by atoms with E-state index in [1.165, 1.54) is 0 Å². The summed E-state index contributed by atoms with van der Waals surface area (Å²) < 4.78 is 11.8. The normalized spacial score (nSPS) is 13.1. The molecule has 0 bridgehead atoms. The van der Waals surface area contributed by atoms with Crippen molar-refractivity contribution in [2.24, 2.45) is 0 Å². The highest BCUT2D eigenvalue weighted by atomic mass is 16.7. The van der Waals surface area contributed by atoms with Gasteiger partial charge in [-0.25, -0.2) is 4.79 Å². The molecular weight excluding hydrogens is 372 g/mol. The van der Waals surface area contributed by atoms with E-state index in [1.54, 1.807) is 0 Å². The fourth-order valence-electron chi connectivity index (χ4n) is 3.87. The molecule has 0 aliphatic carbocycles. The Kier molecular flexibility index (Phi) is 6.47. The highest BCUT2D eigenvalue weighted by Gasteiger charge is 2.36. The van der Waals surface area contributed by atoms with Gasteiger partial charge in [-0.2, -0.15) is 0 Å². The Bertz CT molecular complexity index is 819. The van der Waals surface area contributed by atoms with E-state index in [0.29, 0.717) is 0 Å². The van der Waals surface area contributed by atoms with Gasteiger partial charge >= 0.3 is 6.16 Å². The molecule has 0 amide bonds. The molecule has 2 aromatic carbocycles. The molecular formula is C27H38O3. The lowest BCUT2D eigenvalue weighted by atomic mass is 9.79. The number of ether oxygens (including phenoxy) is 2. The minimum Gasteiger partial charge on any atom is -0.423 e. The predicted molar refractivity (Wildman–Crippen MR) is 124 cm³/mol. The van der Waals surface area contributed by atoms with Crippen LogP contribution in [0.1, 0.15) is 91.5 Å². The molecule has 0 N–H and O–H groups in total. The average molecular weight is 411 g/mol. The molecule has 0 spiro atoms. The molecule has 0 saturated carbocycles. The fourth-order valence-corrected chi connectivity index (χ4v) is 3.87. The topological polar surface area (TPSA) is 35.5 Å². The van der Waals surface area contributed by atoms with Gasteiger partial charge in [-0.15, -0.1) is 0 Å². The van der Waals surface area contributed by atoms with Gasteiger partial charge in [0.15, 0.2) is 0 Å². The predicted octanol–water partition coefficient (Wildman–Crippen LogP) is 7.61. The quantitative estimate of drug-likeness (QED) is 0.487. The van der Waals surface area contributed by atoms with Crippen molar-refractivity contribution in [3.05, 3.63) is 70.8 Å². The molecule has 0 aromatic heterocycles. The first-order valence-electron chi connectivity index (χ1n) is 10.7. The molecule has 2 rings (SSSR count). The zero-order valence-electron chi connectivity index (χ0n) is 20.3. The van der Waals surface area contributed by atoms with Crippen molar-refractivity contribution in [3.8, 4) is 0 Å². The Morgan fingerprint density at radius 2 is 0.800 bits per heavy atom. The summed E-state index contributed by atoms with van der Waals surface area (Å²) in [5, 5.41) is 0. The third-order valence-corrected chi connectivity index (χ3v) is 5.44. The highest BCUT2D eigenvalue weighted by Crippen LogP contribution is 2.37. The lowest BCUT2D eigenvalue weighted by molar-refractivity contribution is -0.0642. The molecule has 3 heteroatoms. The summed E-state index contributed by atoms with van der Waals surface area (Å²) in [5.74, 6) is 0. The monoisotopic (exact) mass is 410 g/mol. The molecule has 0 aliphatic heterocycles. The first-order chi connectivity index (χ1) is 13.6. The van der Waals surface area contributed by atoms with E-state index in [0.717, 1.165) is 22.3 Å². The van der Waals surface area contributed by atoms with Gasteiger partial charge < -0.3 is 9.47 Å². The molecule has 3 nitrogen and oxygen atoms in total. The SMILES string of the molecule is CC(C)(C)c1ccccc1C(C)(C)OC(=O)OC(C)(C)c1ccccc1C(C)(C)C. The van der Waals surface area contributed by atoms with Crippen molar-refractivity contribution >= 4 is 6.16 Å². The summed E-state index contributed by atoms with van der Waals surface area (Å²) in [6, 6.07) is 16.2. The van der Waals surface area contributed by atoms with Gasteiger partial charge in [0, 0.05) is 0 Å². The van der Waals surface area contributed by atoms with Crippen LogP contribution in [0.3, 0.4) is 0 Å². The van der Waals surface area contributed by atoms with Gasteiger partial charge in [0.1, 0.15) is 11.2 Å². The number of rotatable bonds is 4. The standard InChI is InChI=1S/C27H38O3/c1-24(2,3)19-15-11-13-17-21(19)26(7,8)29-23(28)30-27(9,10)22-18-14-12-16-20(22)25(4,5)6/h11-18H,1-10H3. The maximum atomic E-state index is 12.9. The minimum absolute atomic E-state index is 0.0634. The van der Waals surface area contributed by atoms with E-state index in [2.05, 4.69) is 53.7 Å². The van der Waals surface area contributed by atoms with E-state index in [9.17, 15) is 4.79 Å². The molecule has 0 saturated heterocycles. The molecule has 0 aliphatic rings. The molecule has 30 heavy (non-hydrogen) atoms. The number of hydrogen-bond donors (Lipinski definition) is 0. The van der Waals surface area contributed by atoms with Crippen LogP contribution in [-0.4, -0.2) is 6.16 Å². The first-order valence-corrected chi connectivity index (χ1v) is 10.7. The lowest BCUT2D eigenvalue weighted by Crippen LogP contribution is -2.34. The largest absolute Gasteiger partial charge is 0.510 e. The molecule has 0 unspecified atom stereocenters. The molecule has 0 heterocycles. The molecule has 2 aromatic rings. The van der Waals surface area contributed by atoms with E-state index in [-0.39, 0.29) is 10.8 Å². The second-order valence-electron chi connectivity index (χ2n) is 11.1. The summed E-state index contributed by atoms with van der Waals surface area (Å²) in [6.45, 7) is 20.6.